The zero-order valence-electron chi connectivity index (χ0n) is 11.5. The lowest BCUT2D eigenvalue weighted by atomic mass is 10.0. The van der Waals surface area contributed by atoms with Crippen molar-refractivity contribution in [1.29, 1.82) is 0 Å². The molecule has 0 spiro atoms. The van der Waals surface area contributed by atoms with E-state index in [-0.39, 0.29) is 11.8 Å². The molecule has 112 valence electrons. The number of piperidine rings is 1. The van der Waals surface area contributed by atoms with Crippen LogP contribution < -0.4 is 10.6 Å². The van der Waals surface area contributed by atoms with Crippen LogP contribution in [0.4, 0.5) is 0 Å². The summed E-state index contributed by atoms with van der Waals surface area (Å²) in [6.07, 6.45) is 3.92. The van der Waals surface area contributed by atoms with Crippen molar-refractivity contribution in [3.05, 3.63) is 0 Å². The van der Waals surface area contributed by atoms with E-state index in [4.69, 9.17) is 4.74 Å². The summed E-state index contributed by atoms with van der Waals surface area (Å²) in [4.78, 5) is 11.4. The Morgan fingerprint density at radius 1 is 1.42 bits per heavy atom. The van der Waals surface area contributed by atoms with Crippen LogP contribution in [0.1, 0.15) is 25.7 Å². The first-order valence-electron chi connectivity index (χ1n) is 6.73. The number of carbonyl (C=O) groups excluding carboxylic acids is 1. The Bertz CT molecular complexity index is 364. The second kappa shape index (κ2) is 8.50. The van der Waals surface area contributed by atoms with E-state index in [0.717, 1.165) is 25.8 Å². The monoisotopic (exact) mass is 292 g/mol. The number of amides is 1. The molecule has 0 bridgehead atoms. The second-order valence-corrected chi connectivity index (χ2v) is 7.05. The summed E-state index contributed by atoms with van der Waals surface area (Å²) in [5.41, 5.74) is 0. The number of hydrogen-bond donors (Lipinski definition) is 2. The average Bonchev–Trinajstić information content (AvgIpc) is 2.37. The van der Waals surface area contributed by atoms with Crippen LogP contribution >= 0.6 is 0 Å². The number of rotatable bonds is 8. The first-order valence-corrected chi connectivity index (χ1v) is 8.55. The van der Waals surface area contributed by atoms with Crippen LogP contribution in [0, 0.1) is 0 Å². The molecule has 1 atom stereocenters. The highest BCUT2D eigenvalue weighted by Gasteiger charge is 2.20. The molecular formula is C12H24N2O4S. The topological polar surface area (TPSA) is 84.5 Å². The van der Waals surface area contributed by atoms with E-state index >= 15 is 0 Å². The van der Waals surface area contributed by atoms with E-state index in [0.29, 0.717) is 19.6 Å². The molecule has 0 aromatic heterocycles. The molecule has 1 saturated heterocycles. The Labute approximate surface area is 115 Å². The molecule has 1 unspecified atom stereocenters. The van der Waals surface area contributed by atoms with E-state index in [1.165, 1.54) is 7.11 Å². The Morgan fingerprint density at radius 3 is 2.84 bits per heavy atom. The molecule has 0 aliphatic carbocycles. The Morgan fingerprint density at radius 2 is 2.21 bits per heavy atom. The zero-order valence-corrected chi connectivity index (χ0v) is 12.3. The minimum Gasteiger partial charge on any atom is -0.383 e. The highest BCUT2D eigenvalue weighted by Crippen LogP contribution is 2.11. The quantitative estimate of drug-likeness (QED) is 0.600. The molecule has 0 saturated carbocycles. The maximum Gasteiger partial charge on any atom is 0.235 e. The summed E-state index contributed by atoms with van der Waals surface area (Å²) in [6.45, 7) is 1.69. The lowest BCUT2D eigenvalue weighted by molar-refractivity contribution is -0.118. The van der Waals surface area contributed by atoms with Gasteiger partial charge in [0, 0.05) is 19.7 Å². The van der Waals surface area contributed by atoms with Crippen molar-refractivity contribution in [2.75, 3.05) is 38.3 Å². The molecule has 7 heteroatoms. The van der Waals surface area contributed by atoms with Gasteiger partial charge < -0.3 is 15.4 Å². The molecule has 1 rings (SSSR count). The van der Waals surface area contributed by atoms with Gasteiger partial charge in [0.15, 0.2) is 9.84 Å². The van der Waals surface area contributed by atoms with Gasteiger partial charge in [-0.15, -0.1) is 0 Å². The van der Waals surface area contributed by atoms with Gasteiger partial charge in [-0.3, -0.25) is 4.79 Å². The Hall–Kier alpha value is -0.660. The summed E-state index contributed by atoms with van der Waals surface area (Å²) in [5.74, 6) is -0.806. The molecule has 19 heavy (non-hydrogen) atoms. The van der Waals surface area contributed by atoms with Gasteiger partial charge >= 0.3 is 0 Å². The van der Waals surface area contributed by atoms with Crippen molar-refractivity contribution in [3.8, 4) is 0 Å². The molecular weight excluding hydrogens is 268 g/mol. The zero-order chi connectivity index (χ0) is 14.1. The molecule has 1 fully saturated rings. The summed E-state index contributed by atoms with van der Waals surface area (Å²) in [5, 5.41) is 5.82. The number of hydrogen-bond acceptors (Lipinski definition) is 5. The fraction of sp³-hybridized carbons (Fsp3) is 0.917. The lowest BCUT2D eigenvalue weighted by Gasteiger charge is -2.23. The lowest BCUT2D eigenvalue weighted by Crippen LogP contribution is -2.37. The third-order valence-corrected chi connectivity index (χ3v) is 4.73. The Balaban J connectivity index is 2.24. The summed E-state index contributed by atoms with van der Waals surface area (Å²) >= 11 is 0. The first kappa shape index (κ1) is 16.4. The highest BCUT2D eigenvalue weighted by atomic mass is 32.2. The standard InChI is InChI=1S/C12H24N2O4S/c1-18-8-7-14-12(15)10-19(16,17)9-5-11-4-2-3-6-13-11/h11,13H,2-10H2,1H3,(H,14,15). The van der Waals surface area contributed by atoms with Crippen LogP contribution in [0.2, 0.25) is 0 Å². The molecule has 1 aliphatic heterocycles. The minimum absolute atomic E-state index is 0.0718. The van der Waals surface area contributed by atoms with Gasteiger partial charge in [0.1, 0.15) is 5.75 Å². The number of methoxy groups -OCH3 is 1. The van der Waals surface area contributed by atoms with Gasteiger partial charge in [0.2, 0.25) is 5.91 Å². The van der Waals surface area contributed by atoms with Gasteiger partial charge in [-0.05, 0) is 25.8 Å². The molecule has 1 heterocycles. The summed E-state index contributed by atoms with van der Waals surface area (Å²) in [7, 11) is -1.78. The van der Waals surface area contributed by atoms with Gasteiger partial charge in [0.05, 0.1) is 12.4 Å². The van der Waals surface area contributed by atoms with Crippen molar-refractivity contribution in [1.82, 2.24) is 10.6 Å². The van der Waals surface area contributed by atoms with E-state index in [1.54, 1.807) is 0 Å². The van der Waals surface area contributed by atoms with Crippen molar-refractivity contribution in [3.63, 3.8) is 0 Å². The van der Waals surface area contributed by atoms with Gasteiger partial charge in [-0.25, -0.2) is 8.42 Å². The van der Waals surface area contributed by atoms with E-state index in [2.05, 4.69) is 10.6 Å². The maximum absolute atomic E-state index is 11.8. The smallest absolute Gasteiger partial charge is 0.235 e. The SMILES string of the molecule is COCCNC(=O)CS(=O)(=O)CCC1CCCCN1. The molecule has 0 radical (unpaired) electrons. The summed E-state index contributed by atoms with van der Waals surface area (Å²) in [6, 6.07) is 0.278. The van der Waals surface area contributed by atoms with Gasteiger partial charge in [0.25, 0.3) is 0 Å². The maximum atomic E-state index is 11.8. The van der Waals surface area contributed by atoms with E-state index in [1.807, 2.05) is 0 Å². The van der Waals surface area contributed by atoms with Crippen LogP contribution in [0.15, 0.2) is 0 Å². The predicted molar refractivity (Wildman–Crippen MR) is 73.8 cm³/mol. The van der Waals surface area contributed by atoms with Crippen LogP contribution in [0.25, 0.3) is 0 Å². The normalized spacial score (nSPS) is 20.2. The average molecular weight is 292 g/mol. The van der Waals surface area contributed by atoms with Crippen LogP contribution in [0.3, 0.4) is 0 Å². The number of nitrogens with one attached hydrogen (secondary N) is 2. The van der Waals surface area contributed by atoms with Crippen LogP contribution in [0.5, 0.6) is 0 Å². The minimum atomic E-state index is -3.31. The summed E-state index contributed by atoms with van der Waals surface area (Å²) < 4.78 is 28.4. The van der Waals surface area contributed by atoms with Gasteiger partial charge in [-0.1, -0.05) is 6.42 Å². The van der Waals surface area contributed by atoms with E-state index in [9.17, 15) is 13.2 Å². The molecule has 2 N–H and O–H groups in total. The van der Waals surface area contributed by atoms with Crippen LogP contribution in [-0.4, -0.2) is 58.7 Å². The van der Waals surface area contributed by atoms with Crippen molar-refractivity contribution < 1.29 is 17.9 Å². The highest BCUT2D eigenvalue weighted by molar-refractivity contribution is 7.92. The largest absolute Gasteiger partial charge is 0.383 e. The number of carbonyl (C=O) groups is 1. The Kier molecular flexibility index (Phi) is 7.33. The number of sulfone groups is 1. The molecule has 1 amide bonds. The van der Waals surface area contributed by atoms with Crippen molar-refractivity contribution in [2.24, 2.45) is 0 Å². The van der Waals surface area contributed by atoms with Crippen molar-refractivity contribution >= 4 is 15.7 Å². The third-order valence-electron chi connectivity index (χ3n) is 3.17. The molecule has 1 aliphatic rings. The molecule has 0 aromatic rings. The fourth-order valence-corrected chi connectivity index (χ4v) is 3.40. The molecule has 0 aromatic carbocycles. The number of ether oxygens (including phenoxy) is 1. The second-order valence-electron chi connectivity index (χ2n) is 4.87. The first-order chi connectivity index (χ1) is 9.03. The predicted octanol–water partition coefficient (Wildman–Crippen LogP) is -0.304. The van der Waals surface area contributed by atoms with Crippen molar-refractivity contribution in [2.45, 2.75) is 31.7 Å². The third kappa shape index (κ3) is 7.49. The van der Waals surface area contributed by atoms with Gasteiger partial charge in [-0.2, -0.15) is 0 Å². The van der Waals surface area contributed by atoms with Crippen LogP contribution in [-0.2, 0) is 19.4 Å². The molecule has 6 nitrogen and oxygen atoms in total. The fourth-order valence-electron chi connectivity index (χ4n) is 2.11. The van der Waals surface area contributed by atoms with E-state index < -0.39 is 21.5 Å².